The fraction of sp³-hybridized carbons (Fsp3) is 0.818. The van der Waals surface area contributed by atoms with Crippen molar-refractivity contribution in [2.24, 2.45) is 17.3 Å². The zero-order valence-electron chi connectivity index (χ0n) is 9.12. The molecule has 0 aromatic rings. The van der Waals surface area contributed by atoms with Crippen LogP contribution in [0, 0.1) is 17.3 Å². The maximum absolute atomic E-state index is 11.6. The van der Waals surface area contributed by atoms with E-state index in [9.17, 15) is 9.59 Å². The van der Waals surface area contributed by atoms with Crippen LogP contribution in [-0.4, -0.2) is 26.2 Å². The first-order chi connectivity index (χ1) is 7.11. The van der Waals surface area contributed by atoms with Crippen LogP contribution in [0.4, 0.5) is 0 Å². The summed E-state index contributed by atoms with van der Waals surface area (Å²) in [6.45, 7) is 0. The van der Waals surface area contributed by atoms with Crippen molar-refractivity contribution < 1.29 is 19.1 Å². The van der Waals surface area contributed by atoms with Crippen molar-refractivity contribution in [1.82, 2.24) is 0 Å². The Bertz CT molecular complexity index is 288. The highest BCUT2D eigenvalue weighted by Crippen LogP contribution is 2.58. The zero-order chi connectivity index (χ0) is 11.1. The van der Waals surface area contributed by atoms with Gasteiger partial charge < -0.3 is 9.47 Å². The average Bonchev–Trinajstić information content (AvgIpc) is 2.25. The molecule has 0 aromatic heterocycles. The van der Waals surface area contributed by atoms with Crippen molar-refractivity contribution in [2.75, 3.05) is 14.2 Å². The third-order valence-electron chi connectivity index (χ3n) is 3.77. The standard InChI is InChI=1S/C11H16O4/c1-14-9(12)8-3-7-4-11(5-7,6-8)10(13)15-2/h7-8H,3-6H2,1-2H3. The molecule has 2 bridgehead atoms. The lowest BCUT2D eigenvalue weighted by molar-refractivity contribution is -0.175. The first kappa shape index (κ1) is 10.5. The van der Waals surface area contributed by atoms with E-state index in [0.717, 1.165) is 19.3 Å². The van der Waals surface area contributed by atoms with Crippen LogP contribution < -0.4 is 0 Å². The van der Waals surface area contributed by atoms with Crippen LogP contribution in [0.5, 0.6) is 0 Å². The van der Waals surface area contributed by atoms with Crippen LogP contribution in [0.3, 0.4) is 0 Å². The zero-order valence-corrected chi connectivity index (χ0v) is 9.12. The van der Waals surface area contributed by atoms with Gasteiger partial charge in [-0.05, 0) is 31.6 Å². The molecule has 3 rings (SSSR count). The number of carbonyl (C=O) groups is 2. The van der Waals surface area contributed by atoms with Crippen LogP contribution in [0.15, 0.2) is 0 Å². The maximum atomic E-state index is 11.6. The topological polar surface area (TPSA) is 52.6 Å². The van der Waals surface area contributed by atoms with Gasteiger partial charge >= 0.3 is 11.9 Å². The van der Waals surface area contributed by atoms with Gasteiger partial charge in [0.25, 0.3) is 0 Å². The summed E-state index contributed by atoms with van der Waals surface area (Å²) in [7, 11) is 2.81. The minimum atomic E-state index is -0.378. The van der Waals surface area contributed by atoms with Gasteiger partial charge in [-0.25, -0.2) is 0 Å². The summed E-state index contributed by atoms with van der Waals surface area (Å²) >= 11 is 0. The van der Waals surface area contributed by atoms with Gasteiger partial charge in [0.1, 0.15) is 0 Å². The Morgan fingerprint density at radius 2 is 1.80 bits per heavy atom. The van der Waals surface area contributed by atoms with Crippen molar-refractivity contribution >= 4 is 11.9 Å². The number of methoxy groups -OCH3 is 2. The predicted molar refractivity (Wildman–Crippen MR) is 51.9 cm³/mol. The lowest BCUT2D eigenvalue weighted by atomic mass is 9.51. The van der Waals surface area contributed by atoms with Crippen LogP contribution in [-0.2, 0) is 19.1 Å². The van der Waals surface area contributed by atoms with E-state index >= 15 is 0 Å². The molecule has 0 amide bonds. The number of fused-ring (bicyclic) bond motifs is 2. The molecule has 84 valence electrons. The third-order valence-corrected chi connectivity index (χ3v) is 3.77. The van der Waals surface area contributed by atoms with Crippen LogP contribution >= 0.6 is 0 Å². The second-order valence-corrected chi connectivity index (χ2v) is 4.71. The van der Waals surface area contributed by atoms with Crippen molar-refractivity contribution in [2.45, 2.75) is 25.7 Å². The molecule has 3 fully saturated rings. The van der Waals surface area contributed by atoms with Gasteiger partial charge in [0, 0.05) is 0 Å². The number of ether oxygens (including phenoxy) is 2. The molecule has 0 spiro atoms. The van der Waals surface area contributed by atoms with Crippen molar-refractivity contribution in [3.8, 4) is 0 Å². The lowest BCUT2D eigenvalue weighted by Gasteiger charge is -2.52. The molecular weight excluding hydrogens is 196 g/mol. The molecule has 15 heavy (non-hydrogen) atoms. The minimum Gasteiger partial charge on any atom is -0.469 e. The fourth-order valence-electron chi connectivity index (χ4n) is 3.15. The summed E-state index contributed by atoms with van der Waals surface area (Å²) in [5.74, 6) is 0.0450. The second kappa shape index (κ2) is 3.51. The largest absolute Gasteiger partial charge is 0.469 e. The summed E-state index contributed by atoms with van der Waals surface area (Å²) < 4.78 is 9.53. The van der Waals surface area contributed by atoms with Gasteiger partial charge in [-0.3, -0.25) is 9.59 Å². The van der Waals surface area contributed by atoms with E-state index in [0.29, 0.717) is 12.3 Å². The van der Waals surface area contributed by atoms with E-state index in [2.05, 4.69) is 0 Å². The van der Waals surface area contributed by atoms with Gasteiger partial charge in [-0.2, -0.15) is 0 Å². The molecule has 3 saturated carbocycles. The Labute approximate surface area is 88.9 Å². The Kier molecular flexibility index (Phi) is 2.44. The molecular formula is C11H16O4. The van der Waals surface area contributed by atoms with E-state index in [1.54, 1.807) is 0 Å². The molecule has 0 saturated heterocycles. The first-order valence-corrected chi connectivity index (χ1v) is 5.27. The monoisotopic (exact) mass is 212 g/mol. The molecule has 1 unspecified atom stereocenters. The van der Waals surface area contributed by atoms with Gasteiger partial charge in [0.05, 0.1) is 25.6 Å². The number of hydrogen-bond acceptors (Lipinski definition) is 4. The number of esters is 2. The Morgan fingerprint density at radius 1 is 1.13 bits per heavy atom. The third kappa shape index (κ3) is 1.52. The molecule has 4 nitrogen and oxygen atoms in total. The van der Waals surface area contributed by atoms with Gasteiger partial charge in [-0.15, -0.1) is 0 Å². The lowest BCUT2D eigenvalue weighted by Crippen LogP contribution is -2.52. The molecule has 3 aliphatic rings. The number of carbonyl (C=O) groups excluding carboxylic acids is 2. The summed E-state index contributed by atoms with van der Waals surface area (Å²) in [4.78, 5) is 23.0. The Balaban J connectivity index is 2.07. The van der Waals surface area contributed by atoms with E-state index in [4.69, 9.17) is 9.47 Å². The molecule has 0 heterocycles. The van der Waals surface area contributed by atoms with E-state index in [-0.39, 0.29) is 23.3 Å². The van der Waals surface area contributed by atoms with Gasteiger partial charge in [-0.1, -0.05) is 0 Å². The molecule has 0 aromatic carbocycles. The highest BCUT2D eigenvalue weighted by Gasteiger charge is 2.57. The predicted octanol–water partition coefficient (Wildman–Crippen LogP) is 1.14. The fourth-order valence-corrected chi connectivity index (χ4v) is 3.15. The Morgan fingerprint density at radius 3 is 2.33 bits per heavy atom. The quantitative estimate of drug-likeness (QED) is 0.644. The molecule has 0 N–H and O–H groups in total. The summed E-state index contributed by atoms with van der Waals surface area (Å²) in [6.07, 6.45) is 3.23. The normalized spacial score (nSPS) is 37.7. The van der Waals surface area contributed by atoms with E-state index < -0.39 is 0 Å². The second-order valence-electron chi connectivity index (χ2n) is 4.71. The molecule has 3 aliphatic carbocycles. The molecule has 1 atom stereocenters. The van der Waals surface area contributed by atoms with Crippen LogP contribution in [0.25, 0.3) is 0 Å². The van der Waals surface area contributed by atoms with Crippen molar-refractivity contribution in [1.29, 1.82) is 0 Å². The number of hydrogen-bond donors (Lipinski definition) is 0. The number of rotatable bonds is 2. The molecule has 4 heteroatoms. The summed E-state index contributed by atoms with van der Waals surface area (Å²) in [5, 5.41) is 0. The average molecular weight is 212 g/mol. The van der Waals surface area contributed by atoms with Crippen LogP contribution in [0.1, 0.15) is 25.7 Å². The highest BCUT2D eigenvalue weighted by molar-refractivity contribution is 5.81. The first-order valence-electron chi connectivity index (χ1n) is 5.27. The molecule has 0 radical (unpaired) electrons. The summed E-state index contributed by atoms with van der Waals surface area (Å²) in [6, 6.07) is 0. The molecule has 0 aliphatic heterocycles. The SMILES string of the molecule is COC(=O)C1CC2CC(C(=O)OC)(C2)C1. The minimum absolute atomic E-state index is 0.110. The van der Waals surface area contributed by atoms with E-state index in [1.807, 2.05) is 0 Å². The maximum Gasteiger partial charge on any atom is 0.311 e. The van der Waals surface area contributed by atoms with Crippen molar-refractivity contribution in [3.63, 3.8) is 0 Å². The Hall–Kier alpha value is -1.06. The van der Waals surface area contributed by atoms with Gasteiger partial charge in [0.2, 0.25) is 0 Å². The highest BCUT2D eigenvalue weighted by atomic mass is 16.5. The van der Waals surface area contributed by atoms with Gasteiger partial charge in [0.15, 0.2) is 0 Å². The smallest absolute Gasteiger partial charge is 0.311 e. The van der Waals surface area contributed by atoms with E-state index in [1.165, 1.54) is 14.2 Å². The summed E-state index contributed by atoms with van der Waals surface area (Å²) in [5.41, 5.74) is -0.378. The van der Waals surface area contributed by atoms with Crippen LogP contribution in [0.2, 0.25) is 0 Å². The van der Waals surface area contributed by atoms with Crippen molar-refractivity contribution in [3.05, 3.63) is 0 Å².